The second-order valence-corrected chi connectivity index (χ2v) is 10.00. The summed E-state index contributed by atoms with van der Waals surface area (Å²) in [5.41, 5.74) is 3.56. The van der Waals surface area contributed by atoms with Gasteiger partial charge in [0.05, 0.1) is 17.5 Å². The summed E-state index contributed by atoms with van der Waals surface area (Å²) in [5, 5.41) is 5.11. The van der Waals surface area contributed by atoms with Crippen LogP contribution in [-0.2, 0) is 24.8 Å². The first-order chi connectivity index (χ1) is 14.4. The SMILES string of the molecule is COC1CCN(c2nc(Cl)nc3c2CN(c2cc(C4CC4)nn2C)CC3)CC1(C)C. The van der Waals surface area contributed by atoms with E-state index >= 15 is 0 Å². The van der Waals surface area contributed by atoms with Crippen LogP contribution in [0.3, 0.4) is 0 Å². The molecular weight excluding hydrogens is 400 g/mol. The molecule has 2 aromatic rings. The molecule has 1 aliphatic carbocycles. The molecule has 8 heteroatoms. The molecule has 30 heavy (non-hydrogen) atoms. The Kier molecular flexibility index (Phi) is 4.93. The van der Waals surface area contributed by atoms with Gasteiger partial charge >= 0.3 is 0 Å². The van der Waals surface area contributed by atoms with Crippen LogP contribution in [0, 0.1) is 5.41 Å². The third kappa shape index (κ3) is 3.56. The van der Waals surface area contributed by atoms with Crippen LogP contribution in [0.2, 0.25) is 5.28 Å². The number of methoxy groups -OCH3 is 1. The van der Waals surface area contributed by atoms with E-state index in [1.807, 2.05) is 18.8 Å². The Labute approximate surface area is 183 Å². The van der Waals surface area contributed by atoms with E-state index in [1.165, 1.54) is 29.9 Å². The molecule has 1 saturated carbocycles. The van der Waals surface area contributed by atoms with Crippen molar-refractivity contribution < 1.29 is 4.74 Å². The number of fused-ring (bicyclic) bond motifs is 1. The van der Waals surface area contributed by atoms with Crippen molar-refractivity contribution in [3.05, 3.63) is 28.3 Å². The highest BCUT2D eigenvalue weighted by molar-refractivity contribution is 6.28. The van der Waals surface area contributed by atoms with Crippen LogP contribution in [0.4, 0.5) is 11.6 Å². The maximum atomic E-state index is 6.35. The van der Waals surface area contributed by atoms with Crippen LogP contribution in [0.25, 0.3) is 0 Å². The molecule has 162 valence electrons. The van der Waals surface area contributed by atoms with Gasteiger partial charge in [-0.05, 0) is 30.9 Å². The minimum atomic E-state index is 0.0485. The van der Waals surface area contributed by atoms with Gasteiger partial charge in [-0.15, -0.1) is 0 Å². The highest BCUT2D eigenvalue weighted by atomic mass is 35.5. The lowest BCUT2D eigenvalue weighted by Crippen LogP contribution is -2.50. The fourth-order valence-electron chi connectivity index (χ4n) is 5.13. The Morgan fingerprint density at radius 1 is 1.13 bits per heavy atom. The fraction of sp³-hybridized carbons (Fsp3) is 0.682. The van der Waals surface area contributed by atoms with E-state index in [0.29, 0.717) is 11.2 Å². The molecule has 3 aliphatic rings. The zero-order valence-corrected chi connectivity index (χ0v) is 19.1. The maximum Gasteiger partial charge on any atom is 0.224 e. The third-order valence-electron chi connectivity index (χ3n) is 6.92. The van der Waals surface area contributed by atoms with Crippen LogP contribution in [-0.4, -0.2) is 52.6 Å². The van der Waals surface area contributed by atoms with Crippen molar-refractivity contribution in [1.29, 1.82) is 0 Å². The molecule has 0 bridgehead atoms. The first kappa shape index (κ1) is 20.1. The molecule has 0 N–H and O–H groups in total. The second-order valence-electron chi connectivity index (χ2n) is 9.66. The lowest BCUT2D eigenvalue weighted by Gasteiger charge is -2.45. The predicted molar refractivity (Wildman–Crippen MR) is 118 cm³/mol. The van der Waals surface area contributed by atoms with Gasteiger partial charge in [-0.3, -0.25) is 4.68 Å². The normalized spacial score (nSPS) is 23.6. The zero-order valence-electron chi connectivity index (χ0n) is 18.4. The highest BCUT2D eigenvalue weighted by Gasteiger charge is 2.38. The van der Waals surface area contributed by atoms with Crippen molar-refractivity contribution in [3.63, 3.8) is 0 Å². The number of hydrogen-bond acceptors (Lipinski definition) is 6. The molecular formula is C22H31ClN6O. The van der Waals surface area contributed by atoms with Crippen molar-refractivity contribution in [3.8, 4) is 0 Å². The van der Waals surface area contributed by atoms with Crippen LogP contribution >= 0.6 is 11.6 Å². The Balaban J connectivity index is 1.45. The van der Waals surface area contributed by atoms with Crippen molar-refractivity contribution in [2.24, 2.45) is 12.5 Å². The van der Waals surface area contributed by atoms with E-state index in [1.54, 1.807) is 0 Å². The van der Waals surface area contributed by atoms with Gasteiger partial charge in [0.2, 0.25) is 5.28 Å². The summed E-state index contributed by atoms with van der Waals surface area (Å²) in [6.45, 7) is 8.05. The van der Waals surface area contributed by atoms with Crippen molar-refractivity contribution in [2.75, 3.05) is 36.5 Å². The summed E-state index contributed by atoms with van der Waals surface area (Å²) in [6.07, 6.45) is 4.64. The van der Waals surface area contributed by atoms with Crippen LogP contribution in [0.15, 0.2) is 6.07 Å². The average molecular weight is 431 g/mol. The maximum absolute atomic E-state index is 6.35. The number of piperidine rings is 1. The molecule has 2 fully saturated rings. The Morgan fingerprint density at radius 3 is 2.63 bits per heavy atom. The van der Waals surface area contributed by atoms with Gasteiger partial charge in [-0.25, -0.2) is 9.97 Å². The van der Waals surface area contributed by atoms with Crippen LogP contribution in [0.1, 0.15) is 56.0 Å². The van der Waals surface area contributed by atoms with Gasteiger partial charge in [0.25, 0.3) is 0 Å². The van der Waals surface area contributed by atoms with E-state index in [4.69, 9.17) is 26.4 Å². The molecule has 5 rings (SSSR count). The molecule has 1 atom stereocenters. The molecule has 7 nitrogen and oxygen atoms in total. The van der Waals surface area contributed by atoms with E-state index in [9.17, 15) is 0 Å². The molecule has 1 saturated heterocycles. The summed E-state index contributed by atoms with van der Waals surface area (Å²) in [4.78, 5) is 14.1. The number of ether oxygens (including phenoxy) is 1. The molecule has 0 spiro atoms. The summed E-state index contributed by atoms with van der Waals surface area (Å²) in [7, 11) is 3.86. The van der Waals surface area contributed by atoms with Crippen LogP contribution < -0.4 is 9.80 Å². The van der Waals surface area contributed by atoms with E-state index in [-0.39, 0.29) is 11.5 Å². The number of rotatable bonds is 4. The average Bonchev–Trinajstić information content (AvgIpc) is 3.48. The Morgan fingerprint density at radius 2 is 1.93 bits per heavy atom. The summed E-state index contributed by atoms with van der Waals surface area (Å²) >= 11 is 6.35. The molecule has 1 unspecified atom stereocenters. The molecule has 2 aliphatic heterocycles. The third-order valence-corrected chi connectivity index (χ3v) is 7.09. The zero-order chi connectivity index (χ0) is 21.0. The quantitative estimate of drug-likeness (QED) is 0.691. The smallest absolute Gasteiger partial charge is 0.224 e. The first-order valence-electron chi connectivity index (χ1n) is 11.0. The minimum absolute atomic E-state index is 0.0485. The van der Waals surface area contributed by atoms with Crippen molar-refractivity contribution >= 4 is 23.2 Å². The van der Waals surface area contributed by atoms with Gasteiger partial charge in [0.1, 0.15) is 11.6 Å². The topological polar surface area (TPSA) is 59.3 Å². The minimum Gasteiger partial charge on any atom is -0.381 e. The lowest BCUT2D eigenvalue weighted by atomic mass is 9.81. The van der Waals surface area contributed by atoms with E-state index in [2.05, 4.69) is 34.7 Å². The van der Waals surface area contributed by atoms with Crippen molar-refractivity contribution in [2.45, 2.75) is 58.1 Å². The van der Waals surface area contributed by atoms with Gasteiger partial charge in [-0.2, -0.15) is 5.10 Å². The number of aryl methyl sites for hydroxylation is 1. The van der Waals surface area contributed by atoms with Gasteiger partial charge in [0.15, 0.2) is 0 Å². The van der Waals surface area contributed by atoms with Gasteiger partial charge < -0.3 is 14.5 Å². The molecule has 4 heterocycles. The highest BCUT2D eigenvalue weighted by Crippen LogP contribution is 2.41. The lowest BCUT2D eigenvalue weighted by molar-refractivity contribution is -0.00647. The van der Waals surface area contributed by atoms with Crippen LogP contribution in [0.5, 0.6) is 0 Å². The van der Waals surface area contributed by atoms with E-state index < -0.39 is 0 Å². The first-order valence-corrected chi connectivity index (χ1v) is 11.4. The van der Waals surface area contributed by atoms with Gasteiger partial charge in [-0.1, -0.05) is 13.8 Å². The summed E-state index contributed by atoms with van der Waals surface area (Å²) in [6, 6.07) is 2.27. The molecule has 0 amide bonds. The summed E-state index contributed by atoms with van der Waals surface area (Å²) in [5.74, 6) is 2.83. The molecule has 2 aromatic heterocycles. The Hall–Kier alpha value is -1.86. The van der Waals surface area contributed by atoms with Crippen molar-refractivity contribution in [1.82, 2.24) is 19.7 Å². The van der Waals surface area contributed by atoms with E-state index in [0.717, 1.165) is 50.5 Å². The summed E-state index contributed by atoms with van der Waals surface area (Å²) < 4.78 is 7.77. The number of halogens is 1. The molecule has 0 aromatic carbocycles. The predicted octanol–water partition coefficient (Wildman–Crippen LogP) is 3.55. The number of hydrogen-bond donors (Lipinski definition) is 0. The Bertz CT molecular complexity index is 953. The van der Waals surface area contributed by atoms with Gasteiger partial charge in [0, 0.05) is 69.7 Å². The number of anilines is 2. The fourth-order valence-corrected chi connectivity index (χ4v) is 5.31. The number of aromatic nitrogens is 4. The standard InChI is InChI=1S/C22H31ClN6O/c1-22(2)13-29(10-8-18(22)30-4)20-15-12-28(9-7-16(15)24-21(23)25-20)19-11-17(14-5-6-14)26-27(19)3/h11,14,18H,5-10,12-13H2,1-4H3. The second kappa shape index (κ2) is 7.38. The monoisotopic (exact) mass is 430 g/mol. The number of nitrogens with zero attached hydrogens (tertiary/aromatic N) is 6. The molecule has 0 radical (unpaired) electrons. The largest absolute Gasteiger partial charge is 0.381 e.